The fraction of sp³-hybridized carbons (Fsp3) is 0.389. The van der Waals surface area contributed by atoms with Crippen molar-refractivity contribution in [1.29, 1.82) is 0 Å². The van der Waals surface area contributed by atoms with Gasteiger partial charge in [-0.2, -0.15) is 0 Å². The number of carboxylic acid groups (broad SMARTS) is 2. The van der Waals surface area contributed by atoms with Crippen LogP contribution in [0.1, 0.15) is 19.3 Å². The van der Waals surface area contributed by atoms with Gasteiger partial charge in [-0.1, -0.05) is 23.2 Å². The number of halogens is 2. The average Bonchev–Trinajstić information content (AvgIpc) is 2.59. The molecule has 0 radical (unpaired) electrons. The second-order valence-electron chi connectivity index (χ2n) is 6.14. The molecule has 1 aromatic carbocycles. The average molecular weight is 417 g/mol. The van der Waals surface area contributed by atoms with Crippen LogP contribution in [-0.2, 0) is 14.4 Å². The lowest BCUT2D eigenvalue weighted by Gasteiger charge is -2.28. The van der Waals surface area contributed by atoms with Crippen LogP contribution in [0.25, 0.3) is 0 Å². The Morgan fingerprint density at radius 2 is 1.67 bits per heavy atom. The molecular formula is C18H22Cl2N2O5. The van der Waals surface area contributed by atoms with E-state index in [2.05, 4.69) is 17.3 Å². The Morgan fingerprint density at radius 1 is 1.11 bits per heavy atom. The summed E-state index contributed by atoms with van der Waals surface area (Å²) in [5, 5.41) is 19.4. The van der Waals surface area contributed by atoms with Crippen molar-refractivity contribution in [2.75, 3.05) is 25.5 Å². The number of piperidine rings is 1. The molecule has 1 aromatic rings. The predicted octanol–water partition coefficient (Wildman–Crippen LogP) is 3.38. The highest BCUT2D eigenvalue weighted by atomic mass is 35.5. The number of anilines is 1. The van der Waals surface area contributed by atoms with Gasteiger partial charge in [0.15, 0.2) is 0 Å². The molecular weight excluding hydrogens is 395 g/mol. The van der Waals surface area contributed by atoms with Gasteiger partial charge in [0.05, 0.1) is 10.0 Å². The Hall–Kier alpha value is -2.09. The number of carbonyl (C=O) groups is 3. The Bertz CT molecular complexity index is 685. The number of likely N-dealkylation sites (tertiary alicyclic amines) is 1. The van der Waals surface area contributed by atoms with Gasteiger partial charge < -0.3 is 20.4 Å². The maximum absolute atomic E-state index is 12.0. The minimum atomic E-state index is -1.26. The van der Waals surface area contributed by atoms with E-state index in [4.69, 9.17) is 33.4 Å². The lowest BCUT2D eigenvalue weighted by atomic mass is 9.93. The molecule has 0 atom stereocenters. The summed E-state index contributed by atoms with van der Waals surface area (Å²) < 4.78 is 0. The predicted molar refractivity (Wildman–Crippen MR) is 104 cm³/mol. The van der Waals surface area contributed by atoms with E-state index >= 15 is 0 Å². The second kappa shape index (κ2) is 11.6. The Kier molecular flexibility index (Phi) is 9.85. The molecule has 0 spiro atoms. The first-order valence-electron chi connectivity index (χ1n) is 8.24. The zero-order valence-corrected chi connectivity index (χ0v) is 16.3. The van der Waals surface area contributed by atoms with Crippen molar-refractivity contribution in [1.82, 2.24) is 4.90 Å². The number of hydrogen-bond acceptors (Lipinski definition) is 4. The van der Waals surface area contributed by atoms with Gasteiger partial charge in [0.2, 0.25) is 5.91 Å². The molecule has 1 saturated heterocycles. The van der Waals surface area contributed by atoms with Gasteiger partial charge >= 0.3 is 11.9 Å². The third-order valence-corrected chi connectivity index (χ3v) is 4.62. The highest BCUT2D eigenvalue weighted by molar-refractivity contribution is 6.42. The number of carbonyl (C=O) groups excluding carboxylic acids is 1. The Balaban J connectivity index is 0.000000387. The van der Waals surface area contributed by atoms with Crippen LogP contribution in [0.3, 0.4) is 0 Å². The van der Waals surface area contributed by atoms with Crippen molar-refractivity contribution in [3.63, 3.8) is 0 Å². The topological polar surface area (TPSA) is 107 Å². The third-order valence-electron chi connectivity index (χ3n) is 3.88. The van der Waals surface area contributed by atoms with E-state index < -0.39 is 11.9 Å². The fourth-order valence-electron chi connectivity index (χ4n) is 2.46. The first-order valence-corrected chi connectivity index (χ1v) is 9.00. The van der Waals surface area contributed by atoms with Crippen LogP contribution in [0.4, 0.5) is 5.69 Å². The molecule has 2 rings (SSSR count). The standard InChI is InChI=1S/C14H18Cl2N2O.C4H4O4/c1-18-6-4-10(5-7-18)8-14(19)17-11-2-3-12(15)13(16)9-11;5-3(6)1-2-4(7)8/h2-3,9-10H,4-8H2,1H3,(H,17,19);1-2H,(H,5,6)(H,7,8)/b;2-1+. The minimum absolute atomic E-state index is 0.0490. The minimum Gasteiger partial charge on any atom is -0.478 e. The van der Waals surface area contributed by atoms with Gasteiger partial charge in [0, 0.05) is 24.3 Å². The van der Waals surface area contributed by atoms with Crippen LogP contribution < -0.4 is 5.32 Å². The second-order valence-corrected chi connectivity index (χ2v) is 6.95. The highest BCUT2D eigenvalue weighted by Gasteiger charge is 2.19. The van der Waals surface area contributed by atoms with Gasteiger partial charge in [-0.05, 0) is 57.1 Å². The summed E-state index contributed by atoms with van der Waals surface area (Å²) in [6.45, 7) is 2.15. The van der Waals surface area contributed by atoms with Crippen molar-refractivity contribution in [3.05, 3.63) is 40.4 Å². The summed E-state index contributed by atoms with van der Waals surface area (Å²) in [7, 11) is 2.12. The number of benzene rings is 1. The summed E-state index contributed by atoms with van der Waals surface area (Å²) in [4.78, 5) is 33.4. The molecule has 1 amide bonds. The van der Waals surface area contributed by atoms with Crippen LogP contribution in [0.2, 0.25) is 10.0 Å². The molecule has 0 aliphatic carbocycles. The monoisotopic (exact) mass is 416 g/mol. The molecule has 1 fully saturated rings. The molecule has 0 aromatic heterocycles. The van der Waals surface area contributed by atoms with Crippen LogP contribution in [0.5, 0.6) is 0 Å². The number of aliphatic carboxylic acids is 2. The van der Waals surface area contributed by atoms with Crippen molar-refractivity contribution >= 4 is 46.7 Å². The van der Waals surface area contributed by atoms with E-state index in [1.54, 1.807) is 18.2 Å². The van der Waals surface area contributed by atoms with Crippen molar-refractivity contribution in [2.45, 2.75) is 19.3 Å². The van der Waals surface area contributed by atoms with Gasteiger partial charge in [-0.25, -0.2) is 9.59 Å². The number of carboxylic acids is 2. The smallest absolute Gasteiger partial charge is 0.328 e. The quantitative estimate of drug-likeness (QED) is 0.635. The first kappa shape index (κ1) is 23.0. The molecule has 9 heteroatoms. The first-order chi connectivity index (χ1) is 12.7. The maximum atomic E-state index is 12.0. The van der Waals surface area contributed by atoms with Crippen molar-refractivity contribution in [2.24, 2.45) is 5.92 Å². The van der Waals surface area contributed by atoms with Gasteiger partial charge in [0.25, 0.3) is 0 Å². The largest absolute Gasteiger partial charge is 0.478 e. The molecule has 0 bridgehead atoms. The lowest BCUT2D eigenvalue weighted by molar-refractivity contribution is -0.134. The summed E-state index contributed by atoms with van der Waals surface area (Å²) >= 11 is 11.8. The van der Waals surface area contributed by atoms with Crippen LogP contribution >= 0.6 is 23.2 Å². The van der Waals surface area contributed by atoms with E-state index in [1.165, 1.54) is 0 Å². The fourth-order valence-corrected chi connectivity index (χ4v) is 2.75. The zero-order chi connectivity index (χ0) is 20.4. The molecule has 7 nitrogen and oxygen atoms in total. The molecule has 148 valence electrons. The maximum Gasteiger partial charge on any atom is 0.328 e. The Labute approximate surface area is 167 Å². The van der Waals surface area contributed by atoms with E-state index in [1.807, 2.05) is 0 Å². The van der Waals surface area contributed by atoms with Crippen LogP contribution in [0.15, 0.2) is 30.4 Å². The lowest BCUT2D eigenvalue weighted by Crippen LogP contribution is -2.31. The normalized spacial score (nSPS) is 15.1. The molecule has 3 N–H and O–H groups in total. The summed E-state index contributed by atoms with van der Waals surface area (Å²) in [6.07, 6.45) is 3.87. The number of hydrogen-bond donors (Lipinski definition) is 3. The zero-order valence-electron chi connectivity index (χ0n) is 14.8. The summed E-state index contributed by atoms with van der Waals surface area (Å²) in [5.74, 6) is -1.98. The number of nitrogens with one attached hydrogen (secondary N) is 1. The number of rotatable bonds is 5. The van der Waals surface area contributed by atoms with Crippen LogP contribution in [0, 0.1) is 5.92 Å². The molecule has 0 unspecified atom stereocenters. The highest BCUT2D eigenvalue weighted by Crippen LogP contribution is 2.26. The van der Waals surface area contributed by atoms with Gasteiger partial charge in [-0.3, -0.25) is 4.79 Å². The molecule has 1 heterocycles. The molecule has 1 aliphatic heterocycles. The van der Waals surface area contributed by atoms with Crippen molar-refractivity contribution < 1.29 is 24.6 Å². The third kappa shape index (κ3) is 9.98. The van der Waals surface area contributed by atoms with Gasteiger partial charge in [-0.15, -0.1) is 0 Å². The summed E-state index contributed by atoms with van der Waals surface area (Å²) in [6, 6.07) is 5.13. The van der Waals surface area contributed by atoms with E-state index in [9.17, 15) is 14.4 Å². The van der Waals surface area contributed by atoms with E-state index in [0.717, 1.165) is 25.9 Å². The number of nitrogens with zero attached hydrogens (tertiary/aromatic N) is 1. The SMILES string of the molecule is CN1CCC(CC(=O)Nc2ccc(Cl)c(Cl)c2)CC1.O=C(O)/C=C/C(=O)O. The molecule has 27 heavy (non-hydrogen) atoms. The molecule has 0 saturated carbocycles. The Morgan fingerprint density at radius 3 is 2.15 bits per heavy atom. The number of amides is 1. The van der Waals surface area contributed by atoms with E-state index in [-0.39, 0.29) is 5.91 Å². The van der Waals surface area contributed by atoms with E-state index in [0.29, 0.717) is 40.2 Å². The van der Waals surface area contributed by atoms with Crippen LogP contribution in [-0.4, -0.2) is 53.1 Å². The van der Waals surface area contributed by atoms with Gasteiger partial charge in [0.1, 0.15) is 0 Å². The summed E-state index contributed by atoms with van der Waals surface area (Å²) in [5.41, 5.74) is 0.701. The molecule has 1 aliphatic rings. The van der Waals surface area contributed by atoms with Crippen molar-refractivity contribution in [3.8, 4) is 0 Å².